The van der Waals surface area contributed by atoms with Gasteiger partial charge in [0.05, 0.1) is 5.69 Å². The summed E-state index contributed by atoms with van der Waals surface area (Å²) < 4.78 is 0. The van der Waals surface area contributed by atoms with Crippen LogP contribution in [-0.4, -0.2) is 47.0 Å². The smallest absolute Gasteiger partial charge is 0.225 e. The highest BCUT2D eigenvalue weighted by Crippen LogP contribution is 2.26. The molecule has 0 fully saturated rings. The van der Waals surface area contributed by atoms with Crippen LogP contribution in [-0.2, 0) is 0 Å². The van der Waals surface area contributed by atoms with Crippen LogP contribution in [0.4, 0.5) is 17.5 Å². The van der Waals surface area contributed by atoms with Crippen LogP contribution in [0.1, 0.15) is 11.1 Å². The molecule has 140 valence electrons. The van der Waals surface area contributed by atoms with Gasteiger partial charge < -0.3 is 15.5 Å². The molecule has 2 N–H and O–H groups in total. The summed E-state index contributed by atoms with van der Waals surface area (Å²) in [7, 11) is 4.09. The van der Waals surface area contributed by atoms with E-state index in [1.54, 1.807) is 6.20 Å². The number of aromatic nitrogens is 3. The van der Waals surface area contributed by atoms with E-state index >= 15 is 0 Å². The Kier molecular flexibility index (Phi) is 5.98. The number of aryl methyl sites for hydroxylation is 2. The van der Waals surface area contributed by atoms with Crippen molar-refractivity contribution in [2.24, 2.45) is 0 Å². The summed E-state index contributed by atoms with van der Waals surface area (Å²) in [5.74, 6) is 1.36. The lowest BCUT2D eigenvalue weighted by Crippen LogP contribution is -2.21. The third-order valence-corrected chi connectivity index (χ3v) is 4.26. The average Bonchev–Trinajstić information content (AvgIpc) is 2.65. The molecule has 6 nitrogen and oxygen atoms in total. The molecule has 0 saturated carbocycles. The maximum atomic E-state index is 4.67. The summed E-state index contributed by atoms with van der Waals surface area (Å²) in [5, 5.41) is 6.79. The molecule has 0 aliphatic rings. The second kappa shape index (κ2) is 8.60. The van der Waals surface area contributed by atoms with Crippen LogP contribution in [0.2, 0.25) is 0 Å². The van der Waals surface area contributed by atoms with Gasteiger partial charge >= 0.3 is 0 Å². The van der Waals surface area contributed by atoms with E-state index in [0.29, 0.717) is 5.95 Å². The van der Waals surface area contributed by atoms with Gasteiger partial charge in [-0.2, -0.15) is 4.98 Å². The first kappa shape index (κ1) is 18.8. The first-order valence-electron chi connectivity index (χ1n) is 9.04. The van der Waals surface area contributed by atoms with Crippen LogP contribution in [0.3, 0.4) is 0 Å². The Hall–Kier alpha value is -2.99. The van der Waals surface area contributed by atoms with Gasteiger partial charge in [-0.25, -0.2) is 4.98 Å². The fourth-order valence-electron chi connectivity index (χ4n) is 2.78. The average molecular weight is 362 g/mol. The number of anilines is 3. The highest BCUT2D eigenvalue weighted by molar-refractivity contribution is 5.69. The lowest BCUT2D eigenvalue weighted by Gasteiger charge is -2.15. The van der Waals surface area contributed by atoms with Crippen molar-refractivity contribution in [1.29, 1.82) is 0 Å². The number of hydrogen-bond donors (Lipinski definition) is 2. The summed E-state index contributed by atoms with van der Waals surface area (Å²) >= 11 is 0. The van der Waals surface area contributed by atoms with E-state index in [4.69, 9.17) is 0 Å². The topological polar surface area (TPSA) is 66.0 Å². The van der Waals surface area contributed by atoms with Gasteiger partial charge in [-0.1, -0.05) is 18.2 Å². The van der Waals surface area contributed by atoms with Gasteiger partial charge in [0.15, 0.2) is 0 Å². The molecular formula is C21H26N6. The zero-order valence-electron chi connectivity index (χ0n) is 16.3. The van der Waals surface area contributed by atoms with Crippen molar-refractivity contribution in [2.45, 2.75) is 13.8 Å². The Morgan fingerprint density at radius 3 is 2.44 bits per heavy atom. The molecular weight excluding hydrogens is 336 g/mol. The minimum absolute atomic E-state index is 0.604. The quantitative estimate of drug-likeness (QED) is 0.665. The monoisotopic (exact) mass is 362 g/mol. The van der Waals surface area contributed by atoms with Crippen LogP contribution < -0.4 is 10.6 Å². The van der Waals surface area contributed by atoms with Crippen LogP contribution in [0.15, 0.2) is 48.8 Å². The lowest BCUT2D eigenvalue weighted by molar-refractivity contribution is 0.425. The normalized spacial score (nSPS) is 10.9. The van der Waals surface area contributed by atoms with Crippen molar-refractivity contribution in [3.05, 3.63) is 59.9 Å². The number of nitrogens with zero attached hydrogens (tertiary/aromatic N) is 4. The summed E-state index contributed by atoms with van der Waals surface area (Å²) in [4.78, 5) is 15.7. The number of likely N-dealkylation sites (N-methyl/N-ethyl adjacent to an activating group) is 1. The summed E-state index contributed by atoms with van der Waals surface area (Å²) in [6.07, 6.45) is 3.57. The van der Waals surface area contributed by atoms with Gasteiger partial charge in [0.1, 0.15) is 5.82 Å². The maximum Gasteiger partial charge on any atom is 0.225 e. The molecule has 6 heteroatoms. The van der Waals surface area contributed by atoms with E-state index < -0.39 is 0 Å². The third-order valence-electron chi connectivity index (χ3n) is 4.26. The molecule has 2 heterocycles. The second-order valence-electron chi connectivity index (χ2n) is 6.83. The van der Waals surface area contributed by atoms with Crippen molar-refractivity contribution >= 4 is 17.5 Å². The lowest BCUT2D eigenvalue weighted by atomic mass is 10.1. The summed E-state index contributed by atoms with van der Waals surface area (Å²) in [6, 6.07) is 12.1. The Morgan fingerprint density at radius 1 is 1.00 bits per heavy atom. The van der Waals surface area contributed by atoms with E-state index in [0.717, 1.165) is 35.9 Å². The molecule has 1 aromatic carbocycles. The van der Waals surface area contributed by atoms with Crippen LogP contribution in [0.5, 0.6) is 0 Å². The van der Waals surface area contributed by atoms with E-state index in [9.17, 15) is 0 Å². The fourth-order valence-corrected chi connectivity index (χ4v) is 2.78. The van der Waals surface area contributed by atoms with Crippen molar-refractivity contribution in [3.8, 4) is 11.3 Å². The van der Waals surface area contributed by atoms with Crippen molar-refractivity contribution in [3.63, 3.8) is 0 Å². The molecule has 0 aliphatic carbocycles. The summed E-state index contributed by atoms with van der Waals surface area (Å²) in [6.45, 7) is 5.86. The van der Waals surface area contributed by atoms with Crippen LogP contribution in [0, 0.1) is 13.8 Å². The molecule has 0 saturated heterocycles. The molecule has 0 atom stereocenters. The number of para-hydroxylation sites is 1. The van der Waals surface area contributed by atoms with E-state index in [2.05, 4.69) is 62.5 Å². The van der Waals surface area contributed by atoms with Gasteiger partial charge in [-0.15, -0.1) is 0 Å². The molecule has 2 aromatic heterocycles. The van der Waals surface area contributed by atoms with E-state index in [1.807, 2.05) is 38.5 Å². The molecule has 0 spiro atoms. The van der Waals surface area contributed by atoms with Gasteiger partial charge in [0.25, 0.3) is 0 Å². The Balaban J connectivity index is 1.94. The van der Waals surface area contributed by atoms with Gasteiger partial charge in [0.2, 0.25) is 5.95 Å². The standard InChI is InChI=1S/C21H26N6/c1-15-7-5-8-16(2)20(15)25-19-13-18(17-9-6-10-22-14-17)24-21(26-19)23-11-12-27(3)4/h5-10,13-14H,11-12H2,1-4H3,(H2,23,24,25,26). The Bertz CT molecular complexity index is 872. The minimum Gasteiger partial charge on any atom is -0.353 e. The number of hydrogen-bond acceptors (Lipinski definition) is 6. The van der Waals surface area contributed by atoms with E-state index in [1.165, 1.54) is 11.1 Å². The first-order valence-corrected chi connectivity index (χ1v) is 9.04. The molecule has 0 amide bonds. The number of nitrogens with one attached hydrogen (secondary N) is 2. The van der Waals surface area contributed by atoms with Gasteiger partial charge in [-0.3, -0.25) is 4.98 Å². The van der Waals surface area contributed by atoms with Gasteiger partial charge in [-0.05, 0) is 51.2 Å². The third kappa shape index (κ3) is 5.01. The molecule has 0 aliphatic heterocycles. The number of rotatable bonds is 7. The van der Waals surface area contributed by atoms with Gasteiger partial charge in [0, 0.05) is 42.8 Å². The molecule has 3 rings (SSSR count). The highest BCUT2D eigenvalue weighted by Gasteiger charge is 2.09. The fraction of sp³-hybridized carbons (Fsp3) is 0.286. The Morgan fingerprint density at radius 2 is 1.78 bits per heavy atom. The SMILES string of the molecule is Cc1cccc(C)c1Nc1cc(-c2cccnc2)nc(NCCN(C)C)n1. The minimum atomic E-state index is 0.604. The number of benzene rings is 1. The highest BCUT2D eigenvalue weighted by atomic mass is 15.2. The van der Waals surface area contributed by atoms with Crippen molar-refractivity contribution < 1.29 is 0 Å². The zero-order valence-corrected chi connectivity index (χ0v) is 16.3. The van der Waals surface area contributed by atoms with Crippen molar-refractivity contribution in [1.82, 2.24) is 19.9 Å². The molecule has 0 bridgehead atoms. The summed E-state index contributed by atoms with van der Waals surface area (Å²) in [5.41, 5.74) is 5.23. The second-order valence-corrected chi connectivity index (χ2v) is 6.83. The van der Waals surface area contributed by atoms with Crippen molar-refractivity contribution in [2.75, 3.05) is 37.8 Å². The molecule has 27 heavy (non-hydrogen) atoms. The predicted octanol–water partition coefficient (Wildman–Crippen LogP) is 3.87. The molecule has 0 unspecified atom stereocenters. The van der Waals surface area contributed by atoms with Crippen LogP contribution >= 0.6 is 0 Å². The zero-order chi connectivity index (χ0) is 19.2. The molecule has 3 aromatic rings. The molecule has 0 radical (unpaired) electrons. The maximum absolute atomic E-state index is 4.67. The predicted molar refractivity (Wildman–Crippen MR) is 112 cm³/mol. The number of pyridine rings is 1. The van der Waals surface area contributed by atoms with Crippen LogP contribution in [0.25, 0.3) is 11.3 Å². The van der Waals surface area contributed by atoms with E-state index in [-0.39, 0.29) is 0 Å². The first-order chi connectivity index (χ1) is 13.0. The largest absolute Gasteiger partial charge is 0.353 e. The Labute approximate surface area is 160 Å².